The maximum absolute atomic E-state index is 12.8. The van der Waals surface area contributed by atoms with Crippen LogP contribution >= 0.6 is 0 Å². The summed E-state index contributed by atoms with van der Waals surface area (Å²) >= 11 is 0. The van der Waals surface area contributed by atoms with E-state index in [4.69, 9.17) is 4.74 Å². The minimum Gasteiger partial charge on any atom is -0.377 e. The van der Waals surface area contributed by atoms with Crippen LogP contribution in [-0.4, -0.2) is 65.0 Å². The van der Waals surface area contributed by atoms with Crippen molar-refractivity contribution in [1.82, 2.24) is 20.4 Å². The van der Waals surface area contributed by atoms with Gasteiger partial charge in [-0.05, 0) is 25.0 Å². The molecule has 0 bridgehead atoms. The number of ketones is 1. The number of benzene rings is 1. The first-order chi connectivity index (χ1) is 15.7. The molecule has 2 aromatic rings. The summed E-state index contributed by atoms with van der Waals surface area (Å²) in [5.74, 6) is -3.00. The fraction of sp³-hybridized carbons (Fsp3) is 0.476. The molecule has 9 nitrogen and oxygen atoms in total. The van der Waals surface area contributed by atoms with E-state index in [1.165, 1.54) is 24.3 Å². The first kappa shape index (κ1) is 22.9. The zero-order valence-corrected chi connectivity index (χ0v) is 17.4. The molecule has 2 amide bonds. The normalized spacial score (nSPS) is 21.3. The Bertz CT molecular complexity index is 1040. The Balaban J connectivity index is 1.37. The second-order valence-corrected chi connectivity index (χ2v) is 7.88. The molecule has 2 atom stereocenters. The van der Waals surface area contributed by atoms with E-state index in [1.54, 1.807) is 4.90 Å². The van der Waals surface area contributed by atoms with E-state index in [0.29, 0.717) is 32.4 Å². The lowest BCUT2D eigenvalue weighted by molar-refractivity contribution is -0.159. The monoisotopic (exact) mass is 466 g/mol. The van der Waals surface area contributed by atoms with Gasteiger partial charge in [-0.3, -0.25) is 14.4 Å². The highest BCUT2D eigenvalue weighted by atomic mass is 19.4. The highest BCUT2D eigenvalue weighted by Gasteiger charge is 2.39. The van der Waals surface area contributed by atoms with Crippen LogP contribution in [0.2, 0.25) is 0 Å². The van der Waals surface area contributed by atoms with Crippen LogP contribution < -0.4 is 5.32 Å². The number of morpholine rings is 1. The van der Waals surface area contributed by atoms with Crippen LogP contribution in [0.4, 0.5) is 13.2 Å². The van der Waals surface area contributed by atoms with E-state index < -0.39 is 29.9 Å². The smallest absolute Gasteiger partial charge is 0.377 e. The lowest BCUT2D eigenvalue weighted by Crippen LogP contribution is -2.55. The second kappa shape index (κ2) is 9.30. The molecule has 0 spiro atoms. The van der Waals surface area contributed by atoms with Gasteiger partial charge in [-0.15, -0.1) is 0 Å². The number of ether oxygens (including phenoxy) is 1. The number of aromatic nitrogens is 2. The number of carbonyl (C=O) groups is 3. The van der Waals surface area contributed by atoms with Crippen molar-refractivity contribution in [3.63, 3.8) is 0 Å². The number of hydrogen-bond donors (Lipinski definition) is 1. The van der Waals surface area contributed by atoms with Gasteiger partial charge in [0.2, 0.25) is 11.7 Å². The molecule has 1 aromatic carbocycles. The van der Waals surface area contributed by atoms with Crippen LogP contribution in [0, 0.1) is 5.92 Å². The average molecular weight is 466 g/mol. The zero-order chi connectivity index (χ0) is 23.6. The van der Waals surface area contributed by atoms with Crippen LogP contribution in [0.1, 0.15) is 35.5 Å². The van der Waals surface area contributed by atoms with Crippen LogP contribution in [0.15, 0.2) is 28.8 Å². The number of hydrogen-bond acceptors (Lipinski definition) is 7. The molecular formula is C21H21F3N4O5. The standard InChI is InChI=1S/C21H21F3N4O5/c22-21(23,24)20-26-17(27-33-20)12-4-6-13(7-5-12)18(30)25-10-14-11-32-9-8-28(14)19(31)15-2-1-3-16(15)29/h4-7,14-15H,1-3,8-11H2,(H,25,30)/t14-,15?/m0/s1. The van der Waals surface area contributed by atoms with Gasteiger partial charge in [-0.2, -0.15) is 18.2 Å². The van der Waals surface area contributed by atoms with Crippen molar-refractivity contribution in [1.29, 1.82) is 0 Å². The maximum Gasteiger partial charge on any atom is 0.471 e. The Morgan fingerprint density at radius 2 is 1.97 bits per heavy atom. The summed E-state index contributed by atoms with van der Waals surface area (Å²) in [5.41, 5.74) is 0.517. The number of alkyl halides is 3. The van der Waals surface area contributed by atoms with E-state index in [2.05, 4.69) is 20.0 Å². The van der Waals surface area contributed by atoms with Crippen LogP contribution in [0.3, 0.4) is 0 Å². The van der Waals surface area contributed by atoms with Gasteiger partial charge in [-0.25, -0.2) is 0 Å². The number of halogens is 3. The molecule has 33 heavy (non-hydrogen) atoms. The predicted molar refractivity (Wildman–Crippen MR) is 106 cm³/mol. The summed E-state index contributed by atoms with van der Waals surface area (Å²) in [6, 6.07) is 5.26. The van der Waals surface area contributed by atoms with Gasteiger partial charge in [0.05, 0.1) is 25.2 Å². The fourth-order valence-corrected chi connectivity index (χ4v) is 3.93. The molecule has 2 aliphatic rings. The van der Waals surface area contributed by atoms with Crippen molar-refractivity contribution in [2.24, 2.45) is 5.92 Å². The quantitative estimate of drug-likeness (QED) is 0.671. The molecule has 1 saturated heterocycles. The lowest BCUT2D eigenvalue weighted by Gasteiger charge is -2.37. The molecule has 1 saturated carbocycles. The molecular weight excluding hydrogens is 445 g/mol. The third kappa shape index (κ3) is 5.05. The molecule has 4 rings (SSSR count). The van der Waals surface area contributed by atoms with Gasteiger partial charge >= 0.3 is 12.1 Å². The highest BCUT2D eigenvalue weighted by Crippen LogP contribution is 2.29. The van der Waals surface area contributed by atoms with Crippen molar-refractivity contribution < 1.29 is 36.8 Å². The Morgan fingerprint density at radius 3 is 2.61 bits per heavy atom. The van der Waals surface area contributed by atoms with Gasteiger partial charge < -0.3 is 19.5 Å². The largest absolute Gasteiger partial charge is 0.471 e. The van der Waals surface area contributed by atoms with Gasteiger partial charge in [0.15, 0.2) is 0 Å². The van der Waals surface area contributed by atoms with E-state index in [9.17, 15) is 27.6 Å². The third-order valence-corrected chi connectivity index (χ3v) is 5.69. The Morgan fingerprint density at radius 1 is 1.21 bits per heavy atom. The Hall–Kier alpha value is -3.28. The van der Waals surface area contributed by atoms with Gasteiger partial charge in [-0.1, -0.05) is 17.3 Å². The number of amides is 2. The van der Waals surface area contributed by atoms with Crippen LogP contribution in [0.5, 0.6) is 0 Å². The SMILES string of the molecule is O=C(NC[C@H]1COCCN1C(=O)C1CCCC1=O)c1ccc(-c2noc(C(F)(F)F)n2)cc1. The van der Waals surface area contributed by atoms with Crippen molar-refractivity contribution in [3.8, 4) is 11.4 Å². The fourth-order valence-electron chi connectivity index (χ4n) is 3.93. The Kier molecular flexibility index (Phi) is 6.45. The molecule has 1 N–H and O–H groups in total. The summed E-state index contributed by atoms with van der Waals surface area (Å²) < 4.78 is 47.5. The average Bonchev–Trinajstić information content (AvgIpc) is 3.47. The van der Waals surface area contributed by atoms with Gasteiger partial charge in [0, 0.05) is 30.6 Å². The molecule has 2 fully saturated rings. The third-order valence-electron chi connectivity index (χ3n) is 5.69. The summed E-state index contributed by atoms with van der Waals surface area (Å²) in [4.78, 5) is 42.3. The number of nitrogens with one attached hydrogen (secondary N) is 1. The maximum atomic E-state index is 12.8. The van der Waals surface area contributed by atoms with Crippen LogP contribution in [0.25, 0.3) is 11.4 Å². The lowest BCUT2D eigenvalue weighted by atomic mass is 10.0. The van der Waals surface area contributed by atoms with Crippen LogP contribution in [-0.2, 0) is 20.5 Å². The van der Waals surface area contributed by atoms with Crippen molar-refractivity contribution >= 4 is 17.6 Å². The molecule has 1 aliphatic heterocycles. The van der Waals surface area contributed by atoms with Gasteiger partial charge in [0.1, 0.15) is 5.78 Å². The molecule has 0 radical (unpaired) electrons. The van der Waals surface area contributed by atoms with E-state index in [1.807, 2.05) is 0 Å². The topological polar surface area (TPSA) is 115 Å². The zero-order valence-electron chi connectivity index (χ0n) is 17.4. The van der Waals surface area contributed by atoms with E-state index in [0.717, 1.165) is 0 Å². The summed E-state index contributed by atoms with van der Waals surface area (Å²) in [6.07, 6.45) is -3.07. The number of rotatable bonds is 5. The highest BCUT2D eigenvalue weighted by molar-refractivity contribution is 6.02. The molecule has 176 valence electrons. The van der Waals surface area contributed by atoms with Crippen molar-refractivity contribution in [3.05, 3.63) is 35.7 Å². The van der Waals surface area contributed by atoms with Gasteiger partial charge in [0.25, 0.3) is 5.91 Å². The first-order valence-electron chi connectivity index (χ1n) is 10.4. The Labute approximate surface area is 186 Å². The van der Waals surface area contributed by atoms with E-state index in [-0.39, 0.29) is 41.8 Å². The predicted octanol–water partition coefficient (Wildman–Crippen LogP) is 2.08. The first-order valence-corrected chi connectivity index (χ1v) is 10.4. The van der Waals surface area contributed by atoms with E-state index >= 15 is 0 Å². The molecule has 12 heteroatoms. The molecule has 1 unspecified atom stereocenters. The summed E-state index contributed by atoms with van der Waals surface area (Å²) in [7, 11) is 0. The van der Waals surface area contributed by atoms with Crippen molar-refractivity contribution in [2.45, 2.75) is 31.5 Å². The number of Topliss-reactive ketones (excluding diaryl/α,β-unsaturated/α-hetero) is 1. The molecule has 1 aromatic heterocycles. The second-order valence-electron chi connectivity index (χ2n) is 7.88. The number of carbonyl (C=O) groups excluding carboxylic acids is 3. The minimum absolute atomic E-state index is 0.0432. The summed E-state index contributed by atoms with van der Waals surface area (Å²) in [5, 5.41) is 6.05. The number of nitrogens with zero attached hydrogens (tertiary/aromatic N) is 3. The minimum atomic E-state index is -4.74. The van der Waals surface area contributed by atoms with Crippen molar-refractivity contribution in [2.75, 3.05) is 26.3 Å². The molecule has 1 aliphatic carbocycles. The summed E-state index contributed by atoms with van der Waals surface area (Å²) in [6.45, 7) is 1.09. The molecule has 2 heterocycles.